The number of hydrogen-bond acceptors (Lipinski definition) is 1. The topological polar surface area (TPSA) is 13.1 Å². The highest BCUT2D eigenvalue weighted by molar-refractivity contribution is 6.13. The summed E-state index contributed by atoms with van der Waals surface area (Å²) in [6.07, 6.45) is 0. The maximum Gasteiger partial charge on any atom is 0.143 e. The van der Waals surface area contributed by atoms with Crippen LogP contribution in [-0.4, -0.2) is 0 Å². The van der Waals surface area contributed by atoms with Gasteiger partial charge in [-0.3, -0.25) is 0 Å². The van der Waals surface area contributed by atoms with Crippen molar-refractivity contribution in [3.63, 3.8) is 0 Å². The van der Waals surface area contributed by atoms with Crippen molar-refractivity contribution in [3.05, 3.63) is 84.4 Å². The summed E-state index contributed by atoms with van der Waals surface area (Å²) in [5.74, 6) is 0.445. The summed E-state index contributed by atoms with van der Waals surface area (Å²) in [6, 6.07) is 27.9. The van der Waals surface area contributed by atoms with Crippen LogP contribution in [0.2, 0.25) is 0 Å². The molecular formula is C25H20O. The third-order valence-corrected chi connectivity index (χ3v) is 5.26. The zero-order valence-electron chi connectivity index (χ0n) is 15.0. The summed E-state index contributed by atoms with van der Waals surface area (Å²) in [6.45, 7) is 4.49. The van der Waals surface area contributed by atoms with E-state index >= 15 is 0 Å². The molecule has 1 nitrogen and oxygen atoms in total. The largest absolute Gasteiger partial charge is 0.455 e. The molecule has 0 spiro atoms. The monoisotopic (exact) mass is 336 g/mol. The lowest BCUT2D eigenvalue weighted by Crippen LogP contribution is -1.90. The first-order chi connectivity index (χ1) is 12.7. The fourth-order valence-electron chi connectivity index (χ4n) is 4.01. The predicted molar refractivity (Wildman–Crippen MR) is 111 cm³/mol. The van der Waals surface area contributed by atoms with Gasteiger partial charge in [-0.05, 0) is 33.9 Å². The molecule has 0 N–H and O–H groups in total. The molecule has 1 aromatic heterocycles. The molecule has 0 unspecified atom stereocenters. The number of benzene rings is 4. The van der Waals surface area contributed by atoms with Gasteiger partial charge in [0.1, 0.15) is 11.2 Å². The summed E-state index contributed by atoms with van der Waals surface area (Å²) in [5, 5.41) is 4.96. The van der Waals surface area contributed by atoms with Crippen molar-refractivity contribution in [2.75, 3.05) is 0 Å². The van der Waals surface area contributed by atoms with Gasteiger partial charge in [0.25, 0.3) is 0 Å². The number of hydrogen-bond donors (Lipinski definition) is 0. The molecule has 0 atom stereocenters. The summed E-state index contributed by atoms with van der Waals surface area (Å²) in [7, 11) is 0. The van der Waals surface area contributed by atoms with Crippen LogP contribution in [0.5, 0.6) is 0 Å². The molecule has 0 aliphatic heterocycles. The van der Waals surface area contributed by atoms with Crippen LogP contribution in [0.25, 0.3) is 43.8 Å². The first kappa shape index (κ1) is 15.2. The molecule has 0 radical (unpaired) electrons. The van der Waals surface area contributed by atoms with Crippen molar-refractivity contribution in [3.8, 4) is 11.1 Å². The zero-order valence-corrected chi connectivity index (χ0v) is 15.0. The number of para-hydroxylation sites is 1. The SMILES string of the molecule is CC(C)c1ccc(-c2cccc3ccccc23)c2oc3ccccc3c12. The van der Waals surface area contributed by atoms with E-state index in [2.05, 4.69) is 86.6 Å². The normalized spacial score (nSPS) is 11.8. The summed E-state index contributed by atoms with van der Waals surface area (Å²) < 4.78 is 6.38. The summed E-state index contributed by atoms with van der Waals surface area (Å²) >= 11 is 0. The van der Waals surface area contributed by atoms with Gasteiger partial charge in [-0.2, -0.15) is 0 Å². The Morgan fingerprint density at radius 1 is 0.654 bits per heavy atom. The first-order valence-electron chi connectivity index (χ1n) is 9.16. The average molecular weight is 336 g/mol. The fraction of sp³-hybridized carbons (Fsp3) is 0.120. The molecule has 5 rings (SSSR count). The van der Waals surface area contributed by atoms with Crippen LogP contribution in [0.1, 0.15) is 25.3 Å². The van der Waals surface area contributed by atoms with E-state index in [-0.39, 0.29) is 0 Å². The molecular weight excluding hydrogens is 316 g/mol. The second-order valence-corrected chi connectivity index (χ2v) is 7.19. The van der Waals surface area contributed by atoms with Crippen LogP contribution < -0.4 is 0 Å². The van der Waals surface area contributed by atoms with Gasteiger partial charge in [0.2, 0.25) is 0 Å². The van der Waals surface area contributed by atoms with Gasteiger partial charge in [0, 0.05) is 16.3 Å². The van der Waals surface area contributed by atoms with E-state index in [9.17, 15) is 0 Å². The fourth-order valence-corrected chi connectivity index (χ4v) is 4.01. The van der Waals surface area contributed by atoms with Gasteiger partial charge < -0.3 is 4.42 Å². The Morgan fingerprint density at radius 2 is 1.38 bits per heavy atom. The maximum atomic E-state index is 6.38. The first-order valence-corrected chi connectivity index (χ1v) is 9.16. The lowest BCUT2D eigenvalue weighted by atomic mass is 9.91. The molecule has 0 saturated carbocycles. The van der Waals surface area contributed by atoms with Crippen molar-refractivity contribution >= 4 is 32.7 Å². The summed E-state index contributed by atoms with van der Waals surface area (Å²) in [4.78, 5) is 0. The zero-order chi connectivity index (χ0) is 17.7. The molecule has 0 aliphatic carbocycles. The quantitative estimate of drug-likeness (QED) is 0.325. The lowest BCUT2D eigenvalue weighted by Gasteiger charge is -2.12. The molecule has 0 amide bonds. The Labute approximate surface area is 152 Å². The van der Waals surface area contributed by atoms with E-state index in [1.807, 2.05) is 6.07 Å². The minimum Gasteiger partial charge on any atom is -0.455 e. The lowest BCUT2D eigenvalue weighted by molar-refractivity contribution is 0.669. The number of furan rings is 1. The van der Waals surface area contributed by atoms with Crippen LogP contribution in [-0.2, 0) is 0 Å². The van der Waals surface area contributed by atoms with E-state index in [4.69, 9.17) is 4.42 Å². The van der Waals surface area contributed by atoms with E-state index < -0.39 is 0 Å². The third-order valence-electron chi connectivity index (χ3n) is 5.26. The average Bonchev–Trinajstić information content (AvgIpc) is 3.06. The highest BCUT2D eigenvalue weighted by Gasteiger charge is 2.18. The second kappa shape index (κ2) is 5.74. The highest BCUT2D eigenvalue weighted by atomic mass is 16.3. The summed E-state index contributed by atoms with van der Waals surface area (Å²) in [5.41, 5.74) is 5.68. The van der Waals surface area contributed by atoms with Crippen molar-refractivity contribution < 1.29 is 4.42 Å². The molecule has 0 fully saturated rings. The minimum absolute atomic E-state index is 0.445. The Hall–Kier alpha value is -3.06. The van der Waals surface area contributed by atoms with E-state index in [1.54, 1.807) is 0 Å². The van der Waals surface area contributed by atoms with Gasteiger partial charge in [-0.15, -0.1) is 0 Å². The minimum atomic E-state index is 0.445. The number of rotatable bonds is 2. The number of fused-ring (bicyclic) bond motifs is 4. The highest BCUT2D eigenvalue weighted by Crippen LogP contribution is 2.41. The smallest absolute Gasteiger partial charge is 0.143 e. The van der Waals surface area contributed by atoms with Crippen molar-refractivity contribution in [1.82, 2.24) is 0 Å². The second-order valence-electron chi connectivity index (χ2n) is 7.19. The Balaban J connectivity index is 1.94. The van der Waals surface area contributed by atoms with Gasteiger partial charge in [-0.25, -0.2) is 0 Å². The molecule has 5 aromatic rings. The predicted octanol–water partition coefficient (Wildman–Crippen LogP) is 7.53. The molecule has 0 bridgehead atoms. The standard InChI is InChI=1S/C25H20O/c1-16(2)18-14-15-21(20-12-7-9-17-8-3-4-10-19(17)20)25-24(18)22-11-5-6-13-23(22)26-25/h3-16H,1-2H3. The molecule has 4 aromatic carbocycles. The van der Waals surface area contributed by atoms with Crippen LogP contribution in [0.4, 0.5) is 0 Å². The van der Waals surface area contributed by atoms with Crippen molar-refractivity contribution in [1.29, 1.82) is 0 Å². The van der Waals surface area contributed by atoms with Crippen molar-refractivity contribution in [2.45, 2.75) is 19.8 Å². The van der Waals surface area contributed by atoms with Gasteiger partial charge in [0.15, 0.2) is 0 Å². The Kier molecular flexibility index (Phi) is 3.36. The van der Waals surface area contributed by atoms with Crippen LogP contribution in [0, 0.1) is 0 Å². The van der Waals surface area contributed by atoms with E-state index in [0.717, 1.165) is 16.7 Å². The van der Waals surface area contributed by atoms with Gasteiger partial charge in [-0.1, -0.05) is 86.6 Å². The molecule has 1 heteroatoms. The molecule has 0 aliphatic rings. The van der Waals surface area contributed by atoms with E-state index in [1.165, 1.54) is 32.7 Å². The van der Waals surface area contributed by atoms with Gasteiger partial charge >= 0.3 is 0 Å². The van der Waals surface area contributed by atoms with Gasteiger partial charge in [0.05, 0.1) is 0 Å². The van der Waals surface area contributed by atoms with Crippen molar-refractivity contribution in [2.24, 2.45) is 0 Å². The van der Waals surface area contributed by atoms with Crippen LogP contribution >= 0.6 is 0 Å². The maximum absolute atomic E-state index is 6.38. The third kappa shape index (κ3) is 2.17. The van der Waals surface area contributed by atoms with E-state index in [0.29, 0.717) is 5.92 Å². The van der Waals surface area contributed by atoms with Crippen LogP contribution in [0.15, 0.2) is 83.3 Å². The molecule has 26 heavy (non-hydrogen) atoms. The molecule has 0 saturated heterocycles. The molecule has 1 heterocycles. The molecule has 126 valence electrons. The van der Waals surface area contributed by atoms with Crippen LogP contribution in [0.3, 0.4) is 0 Å². The Bertz CT molecular complexity index is 1250. The Morgan fingerprint density at radius 3 is 2.23 bits per heavy atom.